The molecule has 13 rings (SSSR count). The zero-order valence-corrected chi connectivity index (χ0v) is 32.0. The summed E-state index contributed by atoms with van der Waals surface area (Å²) in [5, 5.41) is 16.1. The summed E-state index contributed by atoms with van der Waals surface area (Å²) in [6.07, 6.45) is 0. The van der Waals surface area contributed by atoms with E-state index >= 15 is 0 Å². The van der Waals surface area contributed by atoms with Crippen LogP contribution in [0.3, 0.4) is 0 Å². The molecule has 268 valence electrons. The van der Waals surface area contributed by atoms with Crippen molar-refractivity contribution in [3.63, 3.8) is 0 Å². The van der Waals surface area contributed by atoms with Crippen molar-refractivity contribution in [2.75, 3.05) is 0 Å². The molecule has 0 saturated carbocycles. The van der Waals surface area contributed by atoms with Crippen molar-refractivity contribution in [1.29, 1.82) is 0 Å². The average Bonchev–Trinajstić information content (AvgIpc) is 3.84. The van der Waals surface area contributed by atoms with Gasteiger partial charge in [0.2, 0.25) is 0 Å². The van der Waals surface area contributed by atoms with Crippen LogP contribution in [-0.4, -0.2) is 14.5 Å². The Kier molecular flexibility index (Phi) is 6.60. The van der Waals surface area contributed by atoms with E-state index in [9.17, 15) is 0 Å². The zero-order chi connectivity index (χ0) is 37.9. The molecule has 3 nitrogen and oxygen atoms in total. The minimum Gasteiger partial charge on any atom is -0.309 e. The van der Waals surface area contributed by atoms with Crippen molar-refractivity contribution in [3.05, 3.63) is 188 Å². The Balaban J connectivity index is 1.08. The number of hydrogen-bond acceptors (Lipinski definition) is 3. The lowest BCUT2D eigenvalue weighted by atomic mass is 9.94. The minimum absolute atomic E-state index is 0.713. The molecule has 0 saturated heterocycles. The van der Waals surface area contributed by atoms with Crippen molar-refractivity contribution in [3.8, 4) is 28.3 Å². The summed E-state index contributed by atoms with van der Waals surface area (Å²) in [7, 11) is 0. The summed E-state index contributed by atoms with van der Waals surface area (Å²) < 4.78 is 5.13. The molecule has 58 heavy (non-hydrogen) atoms. The van der Waals surface area contributed by atoms with Crippen molar-refractivity contribution < 1.29 is 0 Å². The maximum Gasteiger partial charge on any atom is 0.160 e. The number of para-hydroxylation sites is 1. The monoisotopic (exact) mass is 753 g/mol. The molecule has 0 aliphatic carbocycles. The number of aromatic nitrogens is 3. The first-order chi connectivity index (χ1) is 28.8. The van der Waals surface area contributed by atoms with Gasteiger partial charge in [0.25, 0.3) is 0 Å². The van der Waals surface area contributed by atoms with Gasteiger partial charge in [-0.05, 0) is 69.4 Å². The Morgan fingerprint density at radius 3 is 1.78 bits per heavy atom. The molecule has 0 radical (unpaired) electrons. The van der Waals surface area contributed by atoms with Crippen LogP contribution in [0.5, 0.6) is 0 Å². The van der Waals surface area contributed by atoms with E-state index in [1.54, 1.807) is 0 Å². The zero-order valence-electron chi connectivity index (χ0n) is 31.1. The Labute approximate surface area is 336 Å². The van der Waals surface area contributed by atoms with Crippen LogP contribution in [-0.2, 0) is 0 Å². The summed E-state index contributed by atoms with van der Waals surface area (Å²) in [5.74, 6) is 0.713. The Morgan fingerprint density at radius 1 is 0.397 bits per heavy atom. The van der Waals surface area contributed by atoms with E-state index in [0.29, 0.717) is 5.82 Å². The molecule has 0 N–H and O–H groups in total. The third-order valence-electron chi connectivity index (χ3n) is 12.1. The van der Waals surface area contributed by atoms with E-state index in [1.165, 1.54) is 74.3 Å². The molecule has 10 aromatic carbocycles. The van der Waals surface area contributed by atoms with Gasteiger partial charge in [0.15, 0.2) is 5.82 Å². The van der Waals surface area contributed by atoms with Gasteiger partial charge in [-0.3, -0.25) is 0 Å². The summed E-state index contributed by atoms with van der Waals surface area (Å²) >= 11 is 1.91. The first-order valence-electron chi connectivity index (χ1n) is 19.7. The van der Waals surface area contributed by atoms with Crippen molar-refractivity contribution >= 4 is 107 Å². The molecule has 0 atom stereocenters. The molecule has 0 aliphatic heterocycles. The van der Waals surface area contributed by atoms with Gasteiger partial charge in [-0.25, -0.2) is 9.97 Å². The highest BCUT2D eigenvalue weighted by molar-refractivity contribution is 7.27. The maximum atomic E-state index is 5.41. The number of thiophene rings is 1. The SMILES string of the molecule is c1ccc(-c2nc(-c3ccc(-n4c5ccccc5c5c6c7cc8ccccc8cc7sc6c6ccccc6c54)cc3)nc3c4ccccc4c4ccccc4c23)cc1. The lowest BCUT2D eigenvalue weighted by Crippen LogP contribution is -1.98. The average molecular weight is 754 g/mol. The molecule has 0 spiro atoms. The molecule has 0 amide bonds. The molecular formula is C54H31N3S. The summed E-state index contributed by atoms with van der Waals surface area (Å²) in [5.41, 5.74) is 7.49. The standard InChI is InChI=1S/C54H31N3S/c1-2-14-32(15-3-1)50-49-39-20-8-6-18-37(39)38-19-7-9-21-40(38)51(49)56-54(55-50)33-26-28-36(29-27-33)57-45-25-13-12-24-43(45)47-48-44-30-34-16-4-5-17-35(34)31-46(44)58-53(48)42-23-11-10-22-41(42)52(47)57/h1-31H. The molecule has 0 fully saturated rings. The van der Waals surface area contributed by atoms with E-state index in [-0.39, 0.29) is 0 Å². The van der Waals surface area contributed by atoms with Crippen LogP contribution < -0.4 is 0 Å². The lowest BCUT2D eigenvalue weighted by molar-refractivity contribution is 1.18. The molecule has 4 heteroatoms. The highest BCUT2D eigenvalue weighted by Gasteiger charge is 2.23. The largest absolute Gasteiger partial charge is 0.309 e. The number of rotatable bonds is 3. The van der Waals surface area contributed by atoms with Gasteiger partial charge in [0.05, 0.1) is 22.2 Å². The van der Waals surface area contributed by atoms with Crippen LogP contribution in [0, 0.1) is 0 Å². The van der Waals surface area contributed by atoms with Gasteiger partial charge in [-0.1, -0.05) is 146 Å². The number of fused-ring (bicyclic) bond motifs is 17. The third kappa shape index (κ3) is 4.43. The molecule has 3 aromatic heterocycles. The summed E-state index contributed by atoms with van der Waals surface area (Å²) in [4.78, 5) is 10.8. The number of hydrogen-bond donors (Lipinski definition) is 0. The van der Waals surface area contributed by atoms with Crippen LogP contribution in [0.4, 0.5) is 0 Å². The second kappa shape index (κ2) is 12.1. The van der Waals surface area contributed by atoms with E-state index in [0.717, 1.165) is 44.2 Å². The van der Waals surface area contributed by atoms with E-state index in [4.69, 9.17) is 9.97 Å². The second-order valence-corrected chi connectivity index (χ2v) is 16.3. The number of benzene rings is 10. The summed E-state index contributed by atoms with van der Waals surface area (Å²) in [6, 6.07) is 68.0. The Hall–Kier alpha value is -7.40. The van der Waals surface area contributed by atoms with Crippen LogP contribution in [0.2, 0.25) is 0 Å². The van der Waals surface area contributed by atoms with Crippen molar-refractivity contribution in [2.45, 2.75) is 0 Å². The molecular weight excluding hydrogens is 723 g/mol. The smallest absolute Gasteiger partial charge is 0.160 e. The lowest BCUT2D eigenvalue weighted by Gasteiger charge is -2.15. The highest BCUT2D eigenvalue weighted by atomic mass is 32.1. The molecule has 0 aliphatic rings. The van der Waals surface area contributed by atoms with E-state index in [2.05, 4.69) is 193 Å². The van der Waals surface area contributed by atoms with Crippen LogP contribution in [0.15, 0.2) is 188 Å². The minimum atomic E-state index is 0.713. The fourth-order valence-electron chi connectivity index (χ4n) is 9.59. The van der Waals surface area contributed by atoms with Gasteiger partial charge in [0, 0.05) is 69.3 Å². The maximum absolute atomic E-state index is 5.41. The van der Waals surface area contributed by atoms with Crippen molar-refractivity contribution in [2.24, 2.45) is 0 Å². The van der Waals surface area contributed by atoms with E-state index < -0.39 is 0 Å². The predicted octanol–water partition coefficient (Wildman–Crippen LogP) is 15.0. The fourth-order valence-corrected chi connectivity index (χ4v) is 10.9. The highest BCUT2D eigenvalue weighted by Crippen LogP contribution is 2.49. The Bertz CT molecular complexity index is 3840. The second-order valence-electron chi connectivity index (χ2n) is 15.2. The van der Waals surface area contributed by atoms with Gasteiger partial charge in [-0.15, -0.1) is 11.3 Å². The number of nitrogens with zero attached hydrogens (tertiary/aromatic N) is 3. The third-order valence-corrected chi connectivity index (χ3v) is 13.3. The fraction of sp³-hybridized carbons (Fsp3) is 0. The van der Waals surface area contributed by atoms with Crippen LogP contribution >= 0.6 is 11.3 Å². The molecule has 13 aromatic rings. The Morgan fingerprint density at radius 2 is 1.00 bits per heavy atom. The van der Waals surface area contributed by atoms with Gasteiger partial charge in [-0.2, -0.15) is 0 Å². The van der Waals surface area contributed by atoms with Crippen LogP contribution in [0.25, 0.3) is 124 Å². The first-order valence-corrected chi connectivity index (χ1v) is 20.6. The summed E-state index contributed by atoms with van der Waals surface area (Å²) in [6.45, 7) is 0. The van der Waals surface area contributed by atoms with Crippen LogP contribution in [0.1, 0.15) is 0 Å². The normalized spacial score (nSPS) is 12.1. The predicted molar refractivity (Wildman–Crippen MR) is 248 cm³/mol. The quantitative estimate of drug-likeness (QED) is 0.168. The molecule has 0 unspecified atom stereocenters. The topological polar surface area (TPSA) is 30.7 Å². The van der Waals surface area contributed by atoms with Gasteiger partial charge in [0.1, 0.15) is 0 Å². The first kappa shape index (κ1) is 31.8. The van der Waals surface area contributed by atoms with Crippen molar-refractivity contribution in [1.82, 2.24) is 14.5 Å². The molecule has 0 bridgehead atoms. The van der Waals surface area contributed by atoms with Gasteiger partial charge < -0.3 is 4.57 Å². The van der Waals surface area contributed by atoms with E-state index in [1.807, 2.05) is 11.3 Å². The molecule has 3 heterocycles. The van der Waals surface area contributed by atoms with Gasteiger partial charge >= 0.3 is 0 Å².